The molecule has 69 heavy (non-hydrogen) atoms. The summed E-state index contributed by atoms with van der Waals surface area (Å²) in [5.41, 5.74) is -1.50. The number of benzene rings is 3. The molecular formula is C46H51F2N11O9S. The van der Waals surface area contributed by atoms with Gasteiger partial charge in [0.05, 0.1) is 64.4 Å². The van der Waals surface area contributed by atoms with Gasteiger partial charge in [-0.1, -0.05) is 0 Å². The van der Waals surface area contributed by atoms with Crippen LogP contribution in [-0.2, 0) is 31.6 Å². The molecular weight excluding hydrogens is 921 g/mol. The summed E-state index contributed by atoms with van der Waals surface area (Å²) in [6.45, 7) is 1.84. The van der Waals surface area contributed by atoms with Crippen LogP contribution in [0.5, 0.6) is 11.5 Å². The molecule has 5 aliphatic rings. The van der Waals surface area contributed by atoms with Gasteiger partial charge in [-0.05, 0) is 87.4 Å². The number of carbonyl (C=O) groups excluding carboxylic acids is 2. The first-order valence-corrected chi connectivity index (χ1v) is 24.3. The number of anilines is 3. The van der Waals surface area contributed by atoms with E-state index in [1.54, 1.807) is 22.7 Å². The number of fused-ring (bicyclic) bond motifs is 2. The molecule has 3 aromatic carbocycles. The second-order valence-corrected chi connectivity index (χ2v) is 20.5. The third-order valence-corrected chi connectivity index (χ3v) is 15.9. The average Bonchev–Trinajstić information content (AvgIpc) is 4.02. The molecule has 2 atom stereocenters. The molecule has 2 aromatic heterocycles. The number of hydrogen-bond acceptors (Lipinski definition) is 14. The van der Waals surface area contributed by atoms with Crippen molar-refractivity contribution in [1.29, 1.82) is 5.26 Å². The van der Waals surface area contributed by atoms with Crippen LogP contribution in [0.4, 0.5) is 26.0 Å². The number of aryl methyl sites for hydroxylation is 1. The summed E-state index contributed by atoms with van der Waals surface area (Å²) in [5.74, 6) is -2.02. The summed E-state index contributed by atoms with van der Waals surface area (Å²) in [6, 6.07) is 10.9. The van der Waals surface area contributed by atoms with E-state index in [0.29, 0.717) is 86.2 Å². The number of nitrogens with one attached hydrogen (secondary N) is 2. The van der Waals surface area contributed by atoms with Gasteiger partial charge in [-0.25, -0.2) is 13.8 Å². The third kappa shape index (κ3) is 8.79. The van der Waals surface area contributed by atoms with Gasteiger partial charge in [0.2, 0.25) is 18.2 Å². The molecule has 1 unspecified atom stereocenters. The molecule has 364 valence electrons. The number of piperidine rings is 2. The fourth-order valence-electron chi connectivity index (χ4n) is 10.1. The lowest BCUT2D eigenvalue weighted by Crippen LogP contribution is -2.54. The standard InChI is InChI=1S/C46H51F2N11O9S/c1-54-37-21-38(34(48)20-31(37)42(52-54)58-14-9-39(60)51-44(58)63)56-15-10-45(64,11-16-56)23-40(61)57-17-12-46(13-18-57)22-28(25-67-46)59-26-50-35-7-5-29(19-30(35)43(59)62)68-41-32(24-49)36(8-6-33(41)47)53-69(65,66)55(2)27-3-4-27/h5-8,19-21,26-28,44,53,63-64H,3-4,9-18,22-23,25H2,1-2H3,(H,51,60)/t28-,44?/m1/s1. The predicted molar refractivity (Wildman–Crippen MR) is 246 cm³/mol. The van der Waals surface area contributed by atoms with Crippen molar-refractivity contribution in [3.8, 4) is 17.6 Å². The lowest BCUT2D eigenvalue weighted by atomic mass is 9.85. The fraction of sp³-hybridized carbons (Fsp3) is 0.478. The van der Waals surface area contributed by atoms with E-state index in [0.717, 1.165) is 12.1 Å². The smallest absolute Gasteiger partial charge is 0.301 e. The number of halogens is 2. The van der Waals surface area contributed by atoms with E-state index < -0.39 is 50.7 Å². The maximum Gasteiger partial charge on any atom is 0.301 e. The molecule has 20 nitrogen and oxygen atoms in total. The number of amides is 2. The Labute approximate surface area is 394 Å². The van der Waals surface area contributed by atoms with Crippen LogP contribution in [0.2, 0.25) is 0 Å². The van der Waals surface area contributed by atoms with Crippen LogP contribution in [0.1, 0.15) is 69.4 Å². The SMILES string of the molecule is CN(C1CC1)S(=O)(=O)Nc1ccc(F)c(Oc2ccc3ncn([C@H]4COC5(CCN(C(=O)CC6(O)CCN(c7cc8c(cc7F)c(N7CCC(=O)NC7O)nn8C)CC6)CC5)C4)c(=O)c3c2)c1C#N. The molecule has 5 aromatic rings. The first-order chi connectivity index (χ1) is 32.9. The maximum atomic E-state index is 15.8. The Morgan fingerprint density at radius 3 is 2.51 bits per heavy atom. The molecule has 10 rings (SSSR count). The van der Waals surface area contributed by atoms with Gasteiger partial charge in [-0.15, -0.1) is 0 Å². The zero-order valence-corrected chi connectivity index (χ0v) is 38.7. The Morgan fingerprint density at radius 1 is 1.04 bits per heavy atom. The molecule has 0 bridgehead atoms. The number of aliphatic hydroxyl groups is 2. The van der Waals surface area contributed by atoms with E-state index in [-0.39, 0.29) is 85.1 Å². The highest BCUT2D eigenvalue weighted by Gasteiger charge is 2.46. The van der Waals surface area contributed by atoms with Crippen molar-refractivity contribution in [1.82, 2.24) is 33.9 Å². The van der Waals surface area contributed by atoms with E-state index in [9.17, 15) is 38.3 Å². The van der Waals surface area contributed by atoms with Gasteiger partial charge in [0.25, 0.3) is 5.56 Å². The topological polar surface area (TPSA) is 241 Å². The van der Waals surface area contributed by atoms with Crippen molar-refractivity contribution in [2.24, 2.45) is 7.05 Å². The van der Waals surface area contributed by atoms with Crippen LogP contribution in [0, 0.1) is 23.0 Å². The molecule has 1 aliphatic carbocycles. The van der Waals surface area contributed by atoms with E-state index in [2.05, 4.69) is 20.1 Å². The molecule has 5 fully saturated rings. The Bertz CT molecular complexity index is 3110. The van der Waals surface area contributed by atoms with Gasteiger partial charge in [0.1, 0.15) is 23.2 Å². The highest BCUT2D eigenvalue weighted by atomic mass is 32.2. The first-order valence-electron chi connectivity index (χ1n) is 22.9. The van der Waals surface area contributed by atoms with Crippen molar-refractivity contribution >= 4 is 61.0 Å². The molecule has 4 N–H and O–H groups in total. The molecule has 1 spiro atoms. The van der Waals surface area contributed by atoms with Gasteiger partial charge in [-0.3, -0.25) is 28.4 Å². The summed E-state index contributed by atoms with van der Waals surface area (Å²) in [5, 5.41) is 39.7. The number of aliphatic hydroxyl groups excluding tert-OH is 1. The minimum absolute atomic E-state index is 0.0250. The van der Waals surface area contributed by atoms with Gasteiger partial charge >= 0.3 is 10.2 Å². The number of carbonyl (C=O) groups is 2. The van der Waals surface area contributed by atoms with Crippen LogP contribution < -0.4 is 30.1 Å². The highest BCUT2D eigenvalue weighted by molar-refractivity contribution is 7.90. The van der Waals surface area contributed by atoms with Crippen LogP contribution >= 0.6 is 0 Å². The number of ether oxygens (including phenoxy) is 2. The summed E-state index contributed by atoms with van der Waals surface area (Å²) in [7, 11) is -0.889. The molecule has 23 heteroatoms. The Hall–Kier alpha value is -6.45. The van der Waals surface area contributed by atoms with Crippen molar-refractivity contribution < 1.29 is 46.5 Å². The normalized spacial score (nSPS) is 21.5. The number of nitrogens with zero attached hydrogens (tertiary/aromatic N) is 9. The number of nitriles is 1. The number of rotatable bonds is 11. The Balaban J connectivity index is 0.755. The summed E-state index contributed by atoms with van der Waals surface area (Å²) >= 11 is 0. The van der Waals surface area contributed by atoms with Crippen molar-refractivity contribution in [2.75, 3.05) is 60.9 Å². The minimum Gasteiger partial charge on any atom is -0.453 e. The largest absolute Gasteiger partial charge is 0.453 e. The van der Waals surface area contributed by atoms with Crippen LogP contribution in [-0.4, -0.2) is 129 Å². The number of hydrogen-bond donors (Lipinski definition) is 4. The van der Waals surface area contributed by atoms with E-state index in [1.165, 1.54) is 51.4 Å². The molecule has 2 amide bonds. The van der Waals surface area contributed by atoms with E-state index in [4.69, 9.17) is 9.47 Å². The second-order valence-electron chi connectivity index (χ2n) is 18.8. The average molecular weight is 972 g/mol. The summed E-state index contributed by atoms with van der Waals surface area (Å²) in [6.07, 6.45) is 3.65. The first kappa shape index (κ1) is 46.3. The van der Waals surface area contributed by atoms with Crippen LogP contribution in [0.15, 0.2) is 53.6 Å². The molecule has 0 radical (unpaired) electrons. The fourth-order valence-corrected chi connectivity index (χ4v) is 11.3. The van der Waals surface area contributed by atoms with Crippen LogP contribution in [0.25, 0.3) is 21.8 Å². The highest BCUT2D eigenvalue weighted by Crippen LogP contribution is 2.42. The van der Waals surface area contributed by atoms with Gasteiger partial charge in [-0.2, -0.15) is 23.1 Å². The monoisotopic (exact) mass is 971 g/mol. The molecule has 4 saturated heterocycles. The number of aromatic nitrogens is 4. The predicted octanol–water partition coefficient (Wildman–Crippen LogP) is 3.32. The molecule has 4 aliphatic heterocycles. The third-order valence-electron chi connectivity index (χ3n) is 14.3. The van der Waals surface area contributed by atoms with Gasteiger partial charge in [0, 0.05) is 64.7 Å². The van der Waals surface area contributed by atoms with Crippen molar-refractivity contribution in [3.63, 3.8) is 0 Å². The quantitative estimate of drug-likeness (QED) is 0.149. The zero-order chi connectivity index (χ0) is 48.6. The van der Waals surface area contributed by atoms with Crippen LogP contribution in [0.3, 0.4) is 0 Å². The van der Waals surface area contributed by atoms with E-state index >= 15 is 8.78 Å². The lowest BCUT2D eigenvalue weighted by molar-refractivity contribution is -0.142. The maximum absolute atomic E-state index is 15.8. The van der Waals surface area contributed by atoms with Gasteiger partial charge in [0.15, 0.2) is 17.4 Å². The van der Waals surface area contributed by atoms with Crippen molar-refractivity contribution in [3.05, 3.63) is 76.3 Å². The van der Waals surface area contributed by atoms with Gasteiger partial charge < -0.3 is 39.7 Å². The lowest BCUT2D eigenvalue weighted by Gasteiger charge is -2.42. The summed E-state index contributed by atoms with van der Waals surface area (Å²) in [4.78, 5) is 49.0. The Kier molecular flexibility index (Phi) is 11.7. The van der Waals surface area contributed by atoms with Crippen molar-refractivity contribution in [2.45, 2.75) is 87.4 Å². The van der Waals surface area contributed by atoms with E-state index in [1.807, 2.05) is 11.0 Å². The Morgan fingerprint density at radius 2 is 1.80 bits per heavy atom. The zero-order valence-electron chi connectivity index (χ0n) is 37.9. The number of likely N-dealkylation sites (tertiary alicyclic amines) is 1. The molecule has 1 saturated carbocycles. The second kappa shape index (κ2) is 17.5. The summed E-state index contributed by atoms with van der Waals surface area (Å²) < 4.78 is 75.7. The molecule has 6 heterocycles. The minimum atomic E-state index is -4.03.